The smallest absolute Gasteiger partial charge is 0.308 e. The first-order valence-electron chi connectivity index (χ1n) is 10.5. The Morgan fingerprint density at radius 1 is 0.765 bits per heavy atom. The van der Waals surface area contributed by atoms with Gasteiger partial charge in [-0.05, 0) is 24.3 Å². The molecule has 3 amide bonds. The van der Waals surface area contributed by atoms with E-state index in [0.29, 0.717) is 27.9 Å². The van der Waals surface area contributed by atoms with Crippen LogP contribution in [0, 0.1) is 0 Å². The number of amides is 3. The van der Waals surface area contributed by atoms with E-state index in [1.165, 1.54) is 0 Å². The fraction of sp³-hybridized carbons (Fsp3) is 0.115. The Hall–Kier alpha value is -4.59. The number of hydrogen-bond donors (Lipinski definition) is 1. The molecule has 3 aromatic rings. The molecular weight excluding hydrogens is 436 g/mol. The average molecular weight is 456 g/mol. The molecule has 8 heteroatoms. The van der Waals surface area contributed by atoms with Crippen LogP contribution >= 0.6 is 0 Å². The molecule has 1 aliphatic rings. The molecule has 0 radical (unpaired) electrons. The zero-order chi connectivity index (χ0) is 24.1. The van der Waals surface area contributed by atoms with Gasteiger partial charge in [0.1, 0.15) is 0 Å². The van der Waals surface area contributed by atoms with Crippen LogP contribution in [0.1, 0.15) is 43.1 Å². The number of benzene rings is 3. The van der Waals surface area contributed by atoms with E-state index in [-0.39, 0.29) is 18.7 Å². The second-order valence-corrected chi connectivity index (χ2v) is 7.51. The number of imide groups is 1. The number of anilines is 1. The molecular formula is C26H20N2O6. The molecule has 34 heavy (non-hydrogen) atoms. The van der Waals surface area contributed by atoms with Gasteiger partial charge in [-0.1, -0.05) is 54.6 Å². The lowest BCUT2D eigenvalue weighted by atomic mass is 10.0. The minimum absolute atomic E-state index is 0.152. The van der Waals surface area contributed by atoms with Crippen LogP contribution in [-0.4, -0.2) is 47.5 Å². The summed E-state index contributed by atoms with van der Waals surface area (Å²) in [6, 6.07) is 21.6. The Morgan fingerprint density at radius 2 is 1.35 bits per heavy atom. The van der Waals surface area contributed by atoms with Gasteiger partial charge in [0.2, 0.25) is 0 Å². The maximum atomic E-state index is 12.8. The van der Waals surface area contributed by atoms with Gasteiger partial charge >= 0.3 is 5.97 Å². The summed E-state index contributed by atoms with van der Waals surface area (Å²) in [6.07, 6.45) is -0.248. The number of carbonyl (C=O) groups is 5. The van der Waals surface area contributed by atoms with Crippen LogP contribution in [0.15, 0.2) is 78.9 Å². The molecule has 0 spiro atoms. The molecule has 1 heterocycles. The molecule has 0 fully saturated rings. The number of para-hydroxylation sites is 1. The van der Waals surface area contributed by atoms with Crippen LogP contribution in [0.4, 0.5) is 5.69 Å². The fourth-order valence-electron chi connectivity index (χ4n) is 3.58. The predicted octanol–water partition coefficient (Wildman–Crippen LogP) is 3.09. The quantitative estimate of drug-likeness (QED) is 0.317. The highest BCUT2D eigenvalue weighted by molar-refractivity contribution is 6.21. The zero-order valence-electron chi connectivity index (χ0n) is 18.0. The number of fused-ring (bicyclic) bond motifs is 1. The third kappa shape index (κ3) is 4.75. The molecule has 1 aliphatic heterocycles. The van der Waals surface area contributed by atoms with E-state index in [1.807, 2.05) is 0 Å². The Balaban J connectivity index is 1.30. The summed E-state index contributed by atoms with van der Waals surface area (Å²) in [5.41, 5.74) is 1.67. The topological polar surface area (TPSA) is 110 Å². The first-order chi connectivity index (χ1) is 16.5. The number of nitrogens with zero attached hydrogens (tertiary/aromatic N) is 1. The Kier molecular flexibility index (Phi) is 6.59. The van der Waals surface area contributed by atoms with Crippen molar-refractivity contribution in [2.45, 2.75) is 6.42 Å². The number of esters is 1. The molecule has 0 atom stereocenters. The number of carbonyl (C=O) groups excluding carboxylic acids is 5. The van der Waals surface area contributed by atoms with Crippen LogP contribution in [0.2, 0.25) is 0 Å². The molecule has 0 aromatic heterocycles. The summed E-state index contributed by atoms with van der Waals surface area (Å²) in [5, 5.41) is 2.58. The minimum atomic E-state index is -0.736. The van der Waals surface area contributed by atoms with E-state index in [9.17, 15) is 24.0 Å². The Labute approximate surface area is 195 Å². The molecule has 1 N–H and O–H groups in total. The fourth-order valence-corrected chi connectivity index (χ4v) is 3.58. The van der Waals surface area contributed by atoms with E-state index in [2.05, 4.69) is 5.32 Å². The lowest BCUT2D eigenvalue weighted by molar-refractivity contribution is -0.147. The standard InChI is InChI=1S/C26H20N2O6/c29-22(27-21-13-7-6-12-20(21)24(31)17-8-2-1-3-9-17)16-34-23(30)14-15-28-25(32)18-10-4-5-11-19(18)26(28)33/h1-13H,14-16H2,(H,27,29). The number of nitrogens with one attached hydrogen (secondary N) is 1. The summed E-state index contributed by atoms with van der Waals surface area (Å²) >= 11 is 0. The van der Waals surface area contributed by atoms with Gasteiger partial charge in [-0.15, -0.1) is 0 Å². The summed E-state index contributed by atoms with van der Waals surface area (Å²) in [5.74, 6) is -2.55. The molecule has 0 bridgehead atoms. The summed E-state index contributed by atoms with van der Waals surface area (Å²) in [4.78, 5) is 62.8. The average Bonchev–Trinajstić information content (AvgIpc) is 3.11. The molecule has 0 saturated heterocycles. The third-order valence-electron chi connectivity index (χ3n) is 5.26. The van der Waals surface area contributed by atoms with Gasteiger partial charge in [0, 0.05) is 17.7 Å². The predicted molar refractivity (Wildman–Crippen MR) is 122 cm³/mol. The van der Waals surface area contributed by atoms with E-state index < -0.39 is 30.3 Å². The van der Waals surface area contributed by atoms with Gasteiger partial charge in [-0.25, -0.2) is 0 Å². The molecule has 0 unspecified atom stereocenters. The maximum Gasteiger partial charge on any atom is 0.308 e. The number of ether oxygens (including phenoxy) is 1. The lowest BCUT2D eigenvalue weighted by Crippen LogP contribution is -2.32. The van der Waals surface area contributed by atoms with Gasteiger partial charge < -0.3 is 10.1 Å². The van der Waals surface area contributed by atoms with E-state index in [4.69, 9.17) is 4.74 Å². The van der Waals surface area contributed by atoms with Crippen LogP contribution in [-0.2, 0) is 14.3 Å². The van der Waals surface area contributed by atoms with E-state index in [1.54, 1.807) is 78.9 Å². The number of hydrogen-bond acceptors (Lipinski definition) is 6. The second-order valence-electron chi connectivity index (χ2n) is 7.51. The SMILES string of the molecule is O=C(COC(=O)CCN1C(=O)c2ccccc2C1=O)Nc1ccccc1C(=O)c1ccccc1. The highest BCUT2D eigenvalue weighted by Crippen LogP contribution is 2.22. The van der Waals surface area contributed by atoms with Crippen LogP contribution < -0.4 is 5.32 Å². The summed E-state index contributed by atoms with van der Waals surface area (Å²) in [7, 11) is 0. The van der Waals surface area contributed by atoms with Gasteiger partial charge in [0.05, 0.1) is 23.2 Å². The van der Waals surface area contributed by atoms with Crippen LogP contribution in [0.3, 0.4) is 0 Å². The summed E-state index contributed by atoms with van der Waals surface area (Å²) < 4.78 is 4.98. The van der Waals surface area contributed by atoms with Gasteiger partial charge in [0.15, 0.2) is 12.4 Å². The maximum absolute atomic E-state index is 12.8. The molecule has 0 aliphatic carbocycles. The van der Waals surface area contributed by atoms with Gasteiger partial charge in [0.25, 0.3) is 17.7 Å². The third-order valence-corrected chi connectivity index (χ3v) is 5.26. The van der Waals surface area contributed by atoms with E-state index in [0.717, 1.165) is 4.90 Å². The summed E-state index contributed by atoms with van der Waals surface area (Å²) in [6.45, 7) is -0.726. The molecule has 170 valence electrons. The first kappa shape index (κ1) is 22.6. The largest absolute Gasteiger partial charge is 0.456 e. The van der Waals surface area contributed by atoms with Gasteiger partial charge in [-0.2, -0.15) is 0 Å². The van der Waals surface area contributed by atoms with Crippen molar-refractivity contribution in [2.75, 3.05) is 18.5 Å². The first-order valence-corrected chi connectivity index (χ1v) is 10.5. The van der Waals surface area contributed by atoms with E-state index >= 15 is 0 Å². The van der Waals surface area contributed by atoms with Crippen molar-refractivity contribution in [1.82, 2.24) is 4.90 Å². The highest BCUT2D eigenvalue weighted by atomic mass is 16.5. The van der Waals surface area contributed by atoms with Crippen molar-refractivity contribution in [2.24, 2.45) is 0 Å². The normalized spacial score (nSPS) is 12.3. The van der Waals surface area contributed by atoms with Crippen molar-refractivity contribution in [3.63, 3.8) is 0 Å². The number of ketones is 1. The molecule has 8 nitrogen and oxygen atoms in total. The second kappa shape index (κ2) is 9.91. The lowest BCUT2D eigenvalue weighted by Gasteiger charge is -2.13. The van der Waals surface area contributed by atoms with Crippen LogP contribution in [0.5, 0.6) is 0 Å². The van der Waals surface area contributed by atoms with Crippen LogP contribution in [0.25, 0.3) is 0 Å². The minimum Gasteiger partial charge on any atom is -0.456 e. The highest BCUT2D eigenvalue weighted by Gasteiger charge is 2.35. The molecule has 0 saturated carbocycles. The monoisotopic (exact) mass is 456 g/mol. The van der Waals surface area contributed by atoms with Gasteiger partial charge in [-0.3, -0.25) is 28.9 Å². The number of rotatable bonds is 8. The van der Waals surface area contributed by atoms with Crippen molar-refractivity contribution in [1.29, 1.82) is 0 Å². The zero-order valence-corrected chi connectivity index (χ0v) is 18.0. The Morgan fingerprint density at radius 3 is 2.03 bits per heavy atom. The van der Waals surface area contributed by atoms with Crippen molar-refractivity contribution < 1.29 is 28.7 Å². The van der Waals surface area contributed by atoms with Crippen molar-refractivity contribution >= 4 is 35.2 Å². The van der Waals surface area contributed by atoms with Crippen molar-refractivity contribution in [3.05, 3.63) is 101 Å². The van der Waals surface area contributed by atoms with Crippen molar-refractivity contribution in [3.8, 4) is 0 Å². The molecule has 4 rings (SSSR count). The molecule has 3 aromatic carbocycles. The Bertz CT molecular complexity index is 1250.